The summed E-state index contributed by atoms with van der Waals surface area (Å²) in [6, 6.07) is 31.8. The first-order valence-corrected chi connectivity index (χ1v) is 18.7. The molecule has 4 aromatic carbocycles. The second kappa shape index (κ2) is 22.2. The van der Waals surface area contributed by atoms with Crippen LogP contribution in [0.1, 0.15) is 41.5 Å². The molecule has 0 aliphatic carbocycles. The number of hydrogen-bond donors (Lipinski definition) is 4. The van der Waals surface area contributed by atoms with E-state index in [4.69, 9.17) is 18.9 Å². The van der Waals surface area contributed by atoms with E-state index in [1.54, 1.807) is 60.7 Å². The van der Waals surface area contributed by atoms with E-state index in [1.165, 1.54) is 0 Å². The molecular weight excluding hydrogens is 730 g/mol. The Labute approximate surface area is 331 Å². The van der Waals surface area contributed by atoms with Gasteiger partial charge < -0.3 is 40.0 Å². The maximum absolute atomic E-state index is 13.6. The highest BCUT2D eigenvalue weighted by atomic mass is 16.6. The van der Waals surface area contributed by atoms with Crippen molar-refractivity contribution in [3.05, 3.63) is 150 Å². The van der Waals surface area contributed by atoms with Gasteiger partial charge in [0.05, 0.1) is 18.6 Å². The van der Waals surface area contributed by atoms with Crippen molar-refractivity contribution < 1.29 is 48.0 Å². The molecule has 4 N–H and O–H groups in total. The molecule has 0 saturated carbocycles. The van der Waals surface area contributed by atoms with Crippen molar-refractivity contribution in [3.8, 4) is 5.75 Å². The van der Waals surface area contributed by atoms with Gasteiger partial charge in [-0.25, -0.2) is 14.4 Å². The topological polar surface area (TPSA) is 179 Å². The van der Waals surface area contributed by atoms with Gasteiger partial charge >= 0.3 is 18.0 Å². The number of hydrogen-bond acceptors (Lipinski definition) is 10. The molecule has 1 heterocycles. The molecule has 13 heteroatoms. The maximum Gasteiger partial charge on any atom is 0.408 e. The van der Waals surface area contributed by atoms with Gasteiger partial charge in [0, 0.05) is 6.42 Å². The summed E-state index contributed by atoms with van der Waals surface area (Å²) < 4.78 is 22.0. The summed E-state index contributed by atoms with van der Waals surface area (Å²) >= 11 is 0. The molecular formula is C44H47N3O10. The Balaban J connectivity index is 1.22. The van der Waals surface area contributed by atoms with Gasteiger partial charge in [-0.1, -0.05) is 115 Å². The number of cyclic esters (lactones) is 1. The van der Waals surface area contributed by atoms with Crippen molar-refractivity contribution in [3.63, 3.8) is 0 Å². The molecule has 0 fully saturated rings. The number of amides is 3. The number of aliphatic hydroxyl groups is 1. The fourth-order valence-corrected chi connectivity index (χ4v) is 5.87. The van der Waals surface area contributed by atoms with Crippen LogP contribution in [-0.4, -0.2) is 66.3 Å². The predicted molar refractivity (Wildman–Crippen MR) is 209 cm³/mol. The molecule has 298 valence electrons. The first kappa shape index (κ1) is 41.7. The Bertz CT molecular complexity index is 1920. The number of aliphatic hydroxyl groups excluding tert-OH is 1. The summed E-state index contributed by atoms with van der Waals surface area (Å²) in [5.41, 5.74) is 3.34. The van der Waals surface area contributed by atoms with Crippen LogP contribution in [0.2, 0.25) is 0 Å². The molecule has 0 aromatic heterocycles. The summed E-state index contributed by atoms with van der Waals surface area (Å²) in [5.74, 6) is -3.13. The highest BCUT2D eigenvalue weighted by Crippen LogP contribution is 2.17. The van der Waals surface area contributed by atoms with Crippen molar-refractivity contribution in [2.75, 3.05) is 13.2 Å². The Morgan fingerprint density at radius 2 is 1.32 bits per heavy atom. The average Bonchev–Trinajstić information content (AvgIpc) is 3.24. The Hall–Kier alpha value is -6.47. The molecule has 0 bridgehead atoms. The quantitative estimate of drug-likeness (QED) is 0.0751. The molecule has 57 heavy (non-hydrogen) atoms. The van der Waals surface area contributed by atoms with Gasteiger partial charge in [0.25, 0.3) is 0 Å². The number of esters is 2. The molecule has 5 rings (SSSR count). The highest BCUT2D eigenvalue weighted by Gasteiger charge is 2.31. The Morgan fingerprint density at radius 1 is 0.737 bits per heavy atom. The number of alkyl carbamates (subject to hydrolysis) is 1. The zero-order valence-corrected chi connectivity index (χ0v) is 31.4. The second-order valence-corrected chi connectivity index (χ2v) is 13.5. The molecule has 13 nitrogen and oxygen atoms in total. The van der Waals surface area contributed by atoms with Crippen molar-refractivity contribution in [1.29, 1.82) is 0 Å². The number of ether oxygens (including phenoxy) is 4. The van der Waals surface area contributed by atoms with Crippen LogP contribution < -0.4 is 20.7 Å². The summed E-state index contributed by atoms with van der Waals surface area (Å²) in [7, 11) is 0. The fourth-order valence-electron chi connectivity index (χ4n) is 5.87. The lowest BCUT2D eigenvalue weighted by Crippen LogP contribution is -2.50. The third kappa shape index (κ3) is 14.3. The number of rotatable bonds is 15. The van der Waals surface area contributed by atoms with Crippen LogP contribution in [0.3, 0.4) is 0 Å². The van der Waals surface area contributed by atoms with E-state index < -0.39 is 60.5 Å². The molecule has 1 aliphatic rings. The van der Waals surface area contributed by atoms with E-state index >= 15 is 0 Å². The number of carbonyl (C=O) groups excluding carboxylic acids is 5. The van der Waals surface area contributed by atoms with E-state index in [1.807, 2.05) is 66.7 Å². The van der Waals surface area contributed by atoms with Crippen LogP contribution >= 0.6 is 0 Å². The SMILES string of the molecule is O=C(CC1CC=CCC(NC(=O)OCc2ccccc2)C(=O)OCC(C(=O)OCc2ccccc2)NC1=O)NC(CO)Cc1ccc(OCc2ccccc2)cc1. The van der Waals surface area contributed by atoms with Gasteiger partial charge in [0.1, 0.15) is 38.2 Å². The molecule has 3 amide bonds. The maximum atomic E-state index is 13.6. The van der Waals surface area contributed by atoms with Crippen LogP contribution in [0.5, 0.6) is 5.75 Å². The second-order valence-electron chi connectivity index (χ2n) is 13.5. The summed E-state index contributed by atoms with van der Waals surface area (Å²) in [5, 5.41) is 18.1. The van der Waals surface area contributed by atoms with Crippen molar-refractivity contribution >= 4 is 29.8 Å². The van der Waals surface area contributed by atoms with Gasteiger partial charge in [-0.2, -0.15) is 0 Å². The molecule has 0 saturated heterocycles. The predicted octanol–water partition coefficient (Wildman–Crippen LogP) is 4.71. The van der Waals surface area contributed by atoms with Gasteiger partial charge in [-0.15, -0.1) is 0 Å². The normalized spacial score (nSPS) is 17.7. The first-order valence-electron chi connectivity index (χ1n) is 18.7. The van der Waals surface area contributed by atoms with E-state index in [0.29, 0.717) is 24.3 Å². The summed E-state index contributed by atoms with van der Waals surface area (Å²) in [6.07, 6.45) is 2.43. The van der Waals surface area contributed by atoms with Gasteiger partial charge in [-0.05, 0) is 53.6 Å². The zero-order valence-electron chi connectivity index (χ0n) is 31.4. The number of nitrogens with one attached hydrogen (secondary N) is 3. The molecule has 4 atom stereocenters. The van der Waals surface area contributed by atoms with Crippen LogP contribution in [0.25, 0.3) is 0 Å². The zero-order chi connectivity index (χ0) is 40.2. The number of carbonyl (C=O) groups is 5. The van der Waals surface area contributed by atoms with Crippen LogP contribution in [0.15, 0.2) is 127 Å². The standard InChI is InChI=1S/C44H47N3O10/c48-26-36(24-31-20-22-37(23-21-31)54-27-32-12-4-1-5-13-32)45-40(49)25-35-18-10-11-19-38(47-44(53)57-29-34-16-8-3-9-17-34)42(51)56-30-39(46-41(35)50)43(52)55-28-33-14-6-2-7-15-33/h1-17,20-23,35-36,38-39,48H,18-19,24-30H2,(H,45,49)(H,46,50)(H,47,53). The fraction of sp³-hybridized carbons (Fsp3) is 0.295. The lowest BCUT2D eigenvalue weighted by atomic mass is 9.97. The first-order chi connectivity index (χ1) is 27.7. The van der Waals surface area contributed by atoms with Gasteiger partial charge in [-0.3, -0.25) is 9.59 Å². The molecule has 4 aromatic rings. The van der Waals surface area contributed by atoms with Gasteiger partial charge in [0.15, 0.2) is 6.04 Å². The summed E-state index contributed by atoms with van der Waals surface area (Å²) in [4.78, 5) is 66.1. The largest absolute Gasteiger partial charge is 0.489 e. The number of allylic oxidation sites excluding steroid dienone is 1. The average molecular weight is 778 g/mol. The lowest BCUT2D eigenvalue weighted by molar-refractivity contribution is -0.156. The molecule has 1 aliphatic heterocycles. The van der Waals surface area contributed by atoms with Crippen LogP contribution in [0, 0.1) is 5.92 Å². The van der Waals surface area contributed by atoms with Crippen molar-refractivity contribution in [1.82, 2.24) is 16.0 Å². The van der Waals surface area contributed by atoms with Crippen molar-refractivity contribution in [2.24, 2.45) is 5.92 Å². The smallest absolute Gasteiger partial charge is 0.408 e. The Morgan fingerprint density at radius 3 is 1.93 bits per heavy atom. The van der Waals surface area contributed by atoms with E-state index in [-0.39, 0.29) is 39.1 Å². The lowest BCUT2D eigenvalue weighted by Gasteiger charge is -2.24. The molecule has 0 spiro atoms. The van der Waals surface area contributed by atoms with E-state index in [9.17, 15) is 29.1 Å². The van der Waals surface area contributed by atoms with Crippen molar-refractivity contribution in [2.45, 2.75) is 63.6 Å². The third-order valence-corrected chi connectivity index (χ3v) is 9.01. The Kier molecular flexibility index (Phi) is 16.2. The molecule has 0 radical (unpaired) electrons. The summed E-state index contributed by atoms with van der Waals surface area (Å²) in [6.45, 7) is -0.652. The third-order valence-electron chi connectivity index (χ3n) is 9.01. The molecule has 4 unspecified atom stereocenters. The van der Waals surface area contributed by atoms with Gasteiger partial charge in [0.2, 0.25) is 11.8 Å². The minimum Gasteiger partial charge on any atom is -0.489 e. The van der Waals surface area contributed by atoms with E-state index in [0.717, 1.165) is 16.7 Å². The minimum atomic E-state index is -1.42. The van der Waals surface area contributed by atoms with Crippen LogP contribution in [-0.2, 0) is 59.6 Å². The number of benzene rings is 4. The monoisotopic (exact) mass is 777 g/mol. The van der Waals surface area contributed by atoms with E-state index in [2.05, 4.69) is 16.0 Å². The highest BCUT2D eigenvalue weighted by molar-refractivity contribution is 5.90. The minimum absolute atomic E-state index is 0.0222. The van der Waals surface area contributed by atoms with Crippen LogP contribution in [0.4, 0.5) is 4.79 Å².